The van der Waals surface area contributed by atoms with Gasteiger partial charge in [0, 0.05) is 13.1 Å². The van der Waals surface area contributed by atoms with Crippen molar-refractivity contribution in [3.63, 3.8) is 0 Å². The molecule has 1 amide bonds. The normalized spacial score (nSPS) is 10.8. The van der Waals surface area contributed by atoms with E-state index in [9.17, 15) is 13.6 Å². The number of halogens is 2. The van der Waals surface area contributed by atoms with Gasteiger partial charge in [-0.05, 0) is 24.3 Å². The quantitative estimate of drug-likeness (QED) is 0.716. The summed E-state index contributed by atoms with van der Waals surface area (Å²) < 4.78 is 33.3. The molecule has 1 N–H and O–H groups in total. The Balaban J connectivity index is 1.62. The van der Waals surface area contributed by atoms with Crippen molar-refractivity contribution >= 4 is 23.4 Å². The van der Waals surface area contributed by atoms with Crippen molar-refractivity contribution in [3.05, 3.63) is 48.2 Å². The van der Waals surface area contributed by atoms with Gasteiger partial charge in [-0.15, -0.1) is 10.2 Å². The minimum atomic E-state index is -0.827. The number of furan rings is 1. The van der Waals surface area contributed by atoms with E-state index < -0.39 is 17.5 Å². The van der Waals surface area contributed by atoms with E-state index in [1.807, 2.05) is 0 Å². The maximum absolute atomic E-state index is 13.5. The van der Waals surface area contributed by atoms with Crippen molar-refractivity contribution in [1.29, 1.82) is 0 Å². The molecule has 0 aliphatic heterocycles. The highest BCUT2D eigenvalue weighted by molar-refractivity contribution is 7.99. The van der Waals surface area contributed by atoms with Gasteiger partial charge in [-0.2, -0.15) is 0 Å². The lowest BCUT2D eigenvalue weighted by molar-refractivity contribution is -0.113. The van der Waals surface area contributed by atoms with Gasteiger partial charge >= 0.3 is 0 Å². The van der Waals surface area contributed by atoms with Gasteiger partial charge in [0.15, 0.2) is 16.7 Å². The SMILES string of the molecule is Cn1c(SCC(=O)Nc2ccc(F)cc2F)nnc1-c1ccco1. The van der Waals surface area contributed by atoms with E-state index in [2.05, 4.69) is 15.5 Å². The van der Waals surface area contributed by atoms with E-state index in [-0.39, 0.29) is 11.4 Å². The van der Waals surface area contributed by atoms with Crippen LogP contribution in [0.3, 0.4) is 0 Å². The van der Waals surface area contributed by atoms with Crippen LogP contribution in [0, 0.1) is 11.6 Å². The first-order valence-corrected chi connectivity index (χ1v) is 7.84. The molecule has 2 heterocycles. The molecule has 2 aromatic heterocycles. The molecule has 0 saturated carbocycles. The molecule has 0 fully saturated rings. The third kappa shape index (κ3) is 3.46. The van der Waals surface area contributed by atoms with E-state index in [1.165, 1.54) is 12.3 Å². The number of anilines is 1. The largest absolute Gasteiger partial charge is 0.461 e. The van der Waals surface area contributed by atoms with Crippen molar-refractivity contribution in [3.8, 4) is 11.6 Å². The molecule has 0 atom stereocenters. The lowest BCUT2D eigenvalue weighted by atomic mass is 10.3. The first-order valence-electron chi connectivity index (χ1n) is 6.85. The molecular formula is C15H12F2N4O2S. The molecule has 3 aromatic rings. The topological polar surface area (TPSA) is 73.0 Å². The van der Waals surface area contributed by atoms with Crippen LogP contribution in [-0.4, -0.2) is 26.4 Å². The van der Waals surface area contributed by atoms with Gasteiger partial charge in [-0.25, -0.2) is 8.78 Å². The minimum Gasteiger partial charge on any atom is -0.461 e. The molecule has 0 aliphatic carbocycles. The van der Waals surface area contributed by atoms with Crippen molar-refractivity contribution < 1.29 is 18.0 Å². The third-order valence-corrected chi connectivity index (χ3v) is 4.13. The summed E-state index contributed by atoms with van der Waals surface area (Å²) in [6.07, 6.45) is 1.53. The summed E-state index contributed by atoms with van der Waals surface area (Å²) in [5.41, 5.74) is -0.0729. The summed E-state index contributed by atoms with van der Waals surface area (Å²) in [5.74, 6) is -0.868. The second-order valence-electron chi connectivity index (χ2n) is 4.80. The first kappa shape index (κ1) is 16.2. The maximum Gasteiger partial charge on any atom is 0.234 e. The second-order valence-corrected chi connectivity index (χ2v) is 5.75. The first-order chi connectivity index (χ1) is 11.5. The Kier molecular flexibility index (Phi) is 4.61. The van der Waals surface area contributed by atoms with E-state index in [0.29, 0.717) is 22.8 Å². The van der Waals surface area contributed by atoms with Crippen LogP contribution in [-0.2, 0) is 11.8 Å². The molecule has 9 heteroatoms. The third-order valence-electron chi connectivity index (χ3n) is 3.11. The Bertz CT molecular complexity index is 864. The van der Waals surface area contributed by atoms with Crippen LogP contribution in [0.2, 0.25) is 0 Å². The number of hydrogen-bond acceptors (Lipinski definition) is 5. The number of amides is 1. The predicted molar refractivity (Wildman–Crippen MR) is 84.4 cm³/mol. The predicted octanol–water partition coefficient (Wildman–Crippen LogP) is 3.08. The Morgan fingerprint density at radius 2 is 2.17 bits per heavy atom. The van der Waals surface area contributed by atoms with E-state index >= 15 is 0 Å². The number of carbonyl (C=O) groups is 1. The Labute approximate surface area is 139 Å². The monoisotopic (exact) mass is 350 g/mol. The smallest absolute Gasteiger partial charge is 0.234 e. The summed E-state index contributed by atoms with van der Waals surface area (Å²) >= 11 is 1.14. The molecular weight excluding hydrogens is 338 g/mol. The second kappa shape index (κ2) is 6.83. The van der Waals surface area contributed by atoms with Crippen LogP contribution >= 0.6 is 11.8 Å². The van der Waals surface area contributed by atoms with E-state index in [4.69, 9.17) is 4.42 Å². The minimum absolute atomic E-state index is 0.000937. The highest BCUT2D eigenvalue weighted by Gasteiger charge is 2.15. The molecule has 0 aliphatic rings. The average Bonchev–Trinajstić information content (AvgIpc) is 3.18. The number of thioether (sulfide) groups is 1. The molecule has 124 valence electrons. The van der Waals surface area contributed by atoms with Crippen LogP contribution in [0.25, 0.3) is 11.6 Å². The van der Waals surface area contributed by atoms with Crippen LogP contribution in [0.1, 0.15) is 0 Å². The molecule has 3 rings (SSSR count). The highest BCUT2D eigenvalue weighted by Crippen LogP contribution is 2.23. The summed E-state index contributed by atoms with van der Waals surface area (Å²) in [6.45, 7) is 0. The van der Waals surface area contributed by atoms with Gasteiger partial charge < -0.3 is 14.3 Å². The van der Waals surface area contributed by atoms with Crippen LogP contribution in [0.4, 0.5) is 14.5 Å². The fraction of sp³-hybridized carbons (Fsp3) is 0.133. The summed E-state index contributed by atoms with van der Waals surface area (Å²) in [5, 5.41) is 10.9. The lowest BCUT2D eigenvalue weighted by Crippen LogP contribution is -2.15. The van der Waals surface area contributed by atoms with Crippen LogP contribution < -0.4 is 5.32 Å². The highest BCUT2D eigenvalue weighted by atomic mass is 32.2. The number of nitrogens with one attached hydrogen (secondary N) is 1. The van der Waals surface area contributed by atoms with Gasteiger partial charge in [0.1, 0.15) is 11.6 Å². The van der Waals surface area contributed by atoms with Crippen molar-refractivity contribution in [2.24, 2.45) is 7.05 Å². The van der Waals surface area contributed by atoms with Gasteiger partial charge in [-0.3, -0.25) is 4.79 Å². The van der Waals surface area contributed by atoms with Crippen LogP contribution in [0.5, 0.6) is 0 Å². The summed E-state index contributed by atoms with van der Waals surface area (Å²) in [6, 6.07) is 6.44. The fourth-order valence-electron chi connectivity index (χ4n) is 1.97. The number of benzene rings is 1. The number of carbonyl (C=O) groups excluding carboxylic acids is 1. The molecule has 1 aromatic carbocycles. The Morgan fingerprint density at radius 3 is 2.88 bits per heavy atom. The fourth-order valence-corrected chi connectivity index (χ4v) is 2.68. The zero-order valence-corrected chi connectivity index (χ0v) is 13.3. The molecule has 0 saturated heterocycles. The van der Waals surface area contributed by atoms with Crippen molar-refractivity contribution in [2.45, 2.75) is 5.16 Å². The summed E-state index contributed by atoms with van der Waals surface area (Å²) in [4.78, 5) is 11.9. The van der Waals surface area contributed by atoms with Gasteiger partial charge in [0.25, 0.3) is 0 Å². The maximum atomic E-state index is 13.5. The van der Waals surface area contributed by atoms with Crippen molar-refractivity contribution in [1.82, 2.24) is 14.8 Å². The zero-order valence-electron chi connectivity index (χ0n) is 12.5. The molecule has 0 radical (unpaired) electrons. The zero-order chi connectivity index (χ0) is 17.1. The molecule has 0 unspecified atom stereocenters. The Morgan fingerprint density at radius 1 is 1.33 bits per heavy atom. The van der Waals surface area contributed by atoms with Gasteiger partial charge in [0.05, 0.1) is 17.7 Å². The average molecular weight is 350 g/mol. The lowest BCUT2D eigenvalue weighted by Gasteiger charge is -2.06. The number of aromatic nitrogens is 3. The number of hydrogen-bond donors (Lipinski definition) is 1. The number of rotatable bonds is 5. The molecule has 6 nitrogen and oxygen atoms in total. The van der Waals surface area contributed by atoms with E-state index in [1.54, 1.807) is 23.7 Å². The van der Waals surface area contributed by atoms with Gasteiger partial charge in [-0.1, -0.05) is 11.8 Å². The van der Waals surface area contributed by atoms with Gasteiger partial charge in [0.2, 0.25) is 5.91 Å². The van der Waals surface area contributed by atoms with E-state index in [0.717, 1.165) is 17.8 Å². The van der Waals surface area contributed by atoms with Crippen molar-refractivity contribution in [2.75, 3.05) is 11.1 Å². The van der Waals surface area contributed by atoms with Crippen LogP contribution in [0.15, 0.2) is 46.2 Å². The molecule has 0 bridgehead atoms. The molecule has 0 spiro atoms. The summed E-state index contributed by atoms with van der Waals surface area (Å²) in [7, 11) is 1.75. The standard InChI is InChI=1S/C15H12F2N4O2S/c1-21-14(12-3-2-6-23-12)19-20-15(21)24-8-13(22)18-11-5-4-9(16)7-10(11)17/h2-7H,8H2,1H3,(H,18,22). The molecule has 24 heavy (non-hydrogen) atoms. The number of nitrogens with zero attached hydrogens (tertiary/aromatic N) is 3. The Hall–Kier alpha value is -2.68.